The predicted molar refractivity (Wildman–Crippen MR) is 212 cm³/mol. The van der Waals surface area contributed by atoms with Crippen LogP contribution in [0.15, 0.2) is 12.2 Å². The molecular weight excluding hydrogens is 658 g/mol. The summed E-state index contributed by atoms with van der Waals surface area (Å²) in [5.74, 6) is -2.01. The molecule has 0 heterocycles. The average molecular weight is 741 g/mol. The minimum Gasteiger partial charge on any atom is -0.477 e. The number of allylic oxidation sites excluding steroid dienone is 2. The van der Waals surface area contributed by atoms with E-state index in [1.54, 1.807) is 0 Å². The van der Waals surface area contributed by atoms with Crippen molar-refractivity contribution in [2.45, 2.75) is 200 Å². The Balaban J connectivity index is 4.35. The molecule has 0 aliphatic carbocycles. The van der Waals surface area contributed by atoms with Crippen LogP contribution < -0.4 is 0 Å². The maximum atomic E-state index is 12.7. The highest BCUT2D eigenvalue weighted by Gasteiger charge is 2.25. The molecule has 52 heavy (non-hydrogen) atoms. The van der Waals surface area contributed by atoms with Gasteiger partial charge in [-0.1, -0.05) is 148 Å². The number of ether oxygens (including phenoxy) is 4. The zero-order valence-corrected chi connectivity index (χ0v) is 34.5. The Hall–Kier alpha value is -1.97. The van der Waals surface area contributed by atoms with Gasteiger partial charge in [-0.15, -0.1) is 0 Å². The summed E-state index contributed by atoms with van der Waals surface area (Å²) in [4.78, 5) is 36.9. The minimum atomic E-state index is -1.50. The number of carboxylic acid groups (broad SMARTS) is 1. The first-order valence-electron chi connectivity index (χ1n) is 21.4. The SMILES string of the molecule is CCCCCCCC/C=C\CCCCCCCCCCCC(=O)OC(COC(=O)CCCCCCCCCC)COC(OCC[N+](C)(C)C)C(=O)O. The van der Waals surface area contributed by atoms with Crippen molar-refractivity contribution in [1.29, 1.82) is 0 Å². The van der Waals surface area contributed by atoms with Crippen LogP contribution in [0.2, 0.25) is 0 Å². The molecule has 2 unspecified atom stereocenters. The number of likely N-dealkylation sites (N-methyl/N-ethyl adjacent to an activating group) is 1. The largest absolute Gasteiger partial charge is 0.477 e. The first-order valence-corrected chi connectivity index (χ1v) is 21.4. The second kappa shape index (κ2) is 36.0. The van der Waals surface area contributed by atoms with Crippen molar-refractivity contribution in [2.24, 2.45) is 0 Å². The van der Waals surface area contributed by atoms with E-state index in [2.05, 4.69) is 26.0 Å². The highest BCUT2D eigenvalue weighted by atomic mass is 16.7. The smallest absolute Gasteiger partial charge is 0.361 e. The van der Waals surface area contributed by atoms with Gasteiger partial charge in [0.25, 0.3) is 6.29 Å². The Kier molecular flexibility index (Phi) is 34.7. The molecule has 0 aromatic heterocycles. The lowest BCUT2D eigenvalue weighted by molar-refractivity contribution is -0.870. The molecule has 1 N–H and O–H groups in total. The quantitative estimate of drug-likeness (QED) is 0.0218. The number of unbranched alkanes of at least 4 members (excludes halogenated alkanes) is 22. The normalized spacial score (nSPS) is 13.0. The van der Waals surface area contributed by atoms with E-state index in [1.165, 1.54) is 122 Å². The van der Waals surface area contributed by atoms with Crippen molar-refractivity contribution < 1.29 is 42.9 Å². The zero-order chi connectivity index (χ0) is 38.5. The molecule has 0 aromatic rings. The van der Waals surface area contributed by atoms with Gasteiger partial charge in [-0.25, -0.2) is 4.79 Å². The van der Waals surface area contributed by atoms with Gasteiger partial charge in [-0.2, -0.15) is 0 Å². The van der Waals surface area contributed by atoms with Gasteiger partial charge in [0.15, 0.2) is 6.10 Å². The third kappa shape index (κ3) is 36.4. The number of carbonyl (C=O) groups is 3. The average Bonchev–Trinajstić information content (AvgIpc) is 3.09. The standard InChI is InChI=1S/C43H81NO8/c1-6-8-10-12-14-16-17-18-19-20-21-22-23-24-25-26-28-30-32-34-41(46)52-39(38-51-43(42(47)48)49-36-35-44(3,4)5)37-50-40(45)33-31-29-27-15-13-11-9-7-2/h18-19,39,43H,6-17,20-38H2,1-5H3/p+1/b19-18-. The molecule has 9 nitrogen and oxygen atoms in total. The Bertz CT molecular complexity index is 872. The predicted octanol–water partition coefficient (Wildman–Crippen LogP) is 10.7. The molecule has 0 aromatic carbocycles. The van der Waals surface area contributed by atoms with E-state index in [4.69, 9.17) is 18.9 Å². The maximum Gasteiger partial charge on any atom is 0.361 e. The molecule has 306 valence electrons. The van der Waals surface area contributed by atoms with E-state index in [0.717, 1.165) is 38.5 Å². The molecule has 0 rings (SSSR count). The molecule has 0 aliphatic rings. The molecule has 0 radical (unpaired) electrons. The topological polar surface area (TPSA) is 108 Å². The lowest BCUT2D eigenvalue weighted by atomic mass is 10.1. The molecule has 0 saturated heterocycles. The van der Waals surface area contributed by atoms with E-state index >= 15 is 0 Å². The fourth-order valence-electron chi connectivity index (χ4n) is 5.89. The van der Waals surface area contributed by atoms with Crippen LogP contribution in [-0.2, 0) is 33.3 Å². The molecule has 0 fully saturated rings. The van der Waals surface area contributed by atoms with Crippen molar-refractivity contribution in [1.82, 2.24) is 0 Å². The summed E-state index contributed by atoms with van der Waals surface area (Å²) >= 11 is 0. The minimum absolute atomic E-state index is 0.178. The van der Waals surface area contributed by atoms with Crippen molar-refractivity contribution in [3.8, 4) is 0 Å². The van der Waals surface area contributed by atoms with Gasteiger partial charge in [0.05, 0.1) is 34.4 Å². The summed E-state index contributed by atoms with van der Waals surface area (Å²) in [5, 5.41) is 9.59. The van der Waals surface area contributed by atoms with Gasteiger partial charge in [-0.3, -0.25) is 9.59 Å². The Morgan fingerprint density at radius 3 is 1.42 bits per heavy atom. The van der Waals surface area contributed by atoms with Gasteiger partial charge in [0.1, 0.15) is 13.2 Å². The fourth-order valence-corrected chi connectivity index (χ4v) is 5.89. The third-order valence-electron chi connectivity index (χ3n) is 9.27. The molecule has 0 saturated carbocycles. The van der Waals surface area contributed by atoms with Gasteiger partial charge in [0.2, 0.25) is 0 Å². The Morgan fingerprint density at radius 1 is 0.558 bits per heavy atom. The number of aliphatic carboxylic acids is 1. The van der Waals surface area contributed by atoms with Gasteiger partial charge < -0.3 is 28.5 Å². The maximum absolute atomic E-state index is 12.7. The fraction of sp³-hybridized carbons (Fsp3) is 0.884. The number of quaternary nitrogens is 1. The zero-order valence-electron chi connectivity index (χ0n) is 34.5. The van der Waals surface area contributed by atoms with E-state index in [0.29, 0.717) is 17.4 Å². The number of nitrogens with zero attached hydrogens (tertiary/aromatic N) is 1. The lowest BCUT2D eigenvalue weighted by Crippen LogP contribution is -2.40. The molecule has 9 heteroatoms. The van der Waals surface area contributed by atoms with Crippen LogP contribution >= 0.6 is 0 Å². The number of hydrogen-bond acceptors (Lipinski definition) is 7. The van der Waals surface area contributed by atoms with Gasteiger partial charge in [-0.05, 0) is 38.5 Å². The molecule has 0 amide bonds. The Labute approximate surface area is 319 Å². The lowest BCUT2D eigenvalue weighted by Gasteiger charge is -2.25. The summed E-state index contributed by atoms with van der Waals surface area (Å²) in [7, 11) is 5.95. The monoisotopic (exact) mass is 741 g/mol. The number of carboxylic acids is 1. The first-order chi connectivity index (χ1) is 25.1. The van der Waals surface area contributed by atoms with E-state index in [-0.39, 0.29) is 32.2 Å². The summed E-state index contributed by atoms with van der Waals surface area (Å²) in [6, 6.07) is 0. The van der Waals surface area contributed by atoms with Crippen LogP contribution in [0.5, 0.6) is 0 Å². The van der Waals surface area contributed by atoms with Crippen LogP contribution in [0.3, 0.4) is 0 Å². The molecular formula is C43H82NO8+. The van der Waals surface area contributed by atoms with Crippen molar-refractivity contribution in [3.05, 3.63) is 12.2 Å². The highest BCUT2D eigenvalue weighted by molar-refractivity contribution is 5.71. The highest BCUT2D eigenvalue weighted by Crippen LogP contribution is 2.14. The van der Waals surface area contributed by atoms with Crippen LogP contribution in [0, 0.1) is 0 Å². The number of rotatable bonds is 39. The second-order valence-electron chi connectivity index (χ2n) is 15.7. The van der Waals surface area contributed by atoms with Crippen LogP contribution in [0.25, 0.3) is 0 Å². The first kappa shape index (κ1) is 50.0. The second-order valence-corrected chi connectivity index (χ2v) is 15.7. The van der Waals surface area contributed by atoms with Crippen LogP contribution in [0.4, 0.5) is 0 Å². The van der Waals surface area contributed by atoms with E-state index in [9.17, 15) is 19.5 Å². The molecule has 0 spiro atoms. The number of esters is 2. The summed E-state index contributed by atoms with van der Waals surface area (Å²) < 4.78 is 22.6. The van der Waals surface area contributed by atoms with Crippen molar-refractivity contribution in [2.75, 3.05) is 47.5 Å². The van der Waals surface area contributed by atoms with Crippen molar-refractivity contribution >= 4 is 17.9 Å². The summed E-state index contributed by atoms with van der Waals surface area (Å²) in [6.07, 6.45) is 32.8. The summed E-state index contributed by atoms with van der Waals surface area (Å²) in [6.45, 7) is 4.83. The van der Waals surface area contributed by atoms with Crippen LogP contribution in [-0.4, -0.2) is 87.4 Å². The van der Waals surface area contributed by atoms with E-state index < -0.39 is 24.3 Å². The Morgan fingerprint density at radius 2 is 0.981 bits per heavy atom. The van der Waals surface area contributed by atoms with Crippen LogP contribution in [0.1, 0.15) is 187 Å². The number of hydrogen-bond donors (Lipinski definition) is 1. The van der Waals surface area contributed by atoms with Gasteiger partial charge in [0, 0.05) is 12.8 Å². The van der Waals surface area contributed by atoms with Gasteiger partial charge >= 0.3 is 17.9 Å². The third-order valence-corrected chi connectivity index (χ3v) is 9.27. The molecule has 0 bridgehead atoms. The van der Waals surface area contributed by atoms with Crippen molar-refractivity contribution in [3.63, 3.8) is 0 Å². The molecule has 0 aliphatic heterocycles. The van der Waals surface area contributed by atoms with E-state index in [1.807, 2.05) is 21.1 Å². The number of carbonyl (C=O) groups excluding carboxylic acids is 2. The molecule has 2 atom stereocenters. The summed E-state index contributed by atoms with van der Waals surface area (Å²) in [5.41, 5.74) is 0.